The second kappa shape index (κ2) is 6.86. The van der Waals surface area contributed by atoms with Crippen LogP contribution in [0.15, 0.2) is 36.5 Å². The van der Waals surface area contributed by atoms with Crippen molar-refractivity contribution in [1.29, 1.82) is 0 Å². The number of rotatable bonds is 4. The van der Waals surface area contributed by atoms with Gasteiger partial charge < -0.3 is 9.64 Å². The number of hydrogen-bond donors (Lipinski definition) is 0. The Balaban J connectivity index is 1.59. The number of aromatic nitrogens is 1. The summed E-state index contributed by atoms with van der Waals surface area (Å²) in [7, 11) is 0. The van der Waals surface area contributed by atoms with Crippen LogP contribution in [0.25, 0.3) is 0 Å². The van der Waals surface area contributed by atoms with E-state index in [1.165, 1.54) is 23.1 Å². The van der Waals surface area contributed by atoms with Gasteiger partial charge in [-0.05, 0) is 19.1 Å². The molecule has 27 heavy (non-hydrogen) atoms. The van der Waals surface area contributed by atoms with Gasteiger partial charge in [-0.25, -0.2) is 4.98 Å². The van der Waals surface area contributed by atoms with Crippen molar-refractivity contribution in [3.63, 3.8) is 0 Å². The standard InChI is InChI=1S/C17H14F3N3O4/c1-10-2-3-11(6-14(10)23(25)26)16(24)22-8-13(9-22)27-15-5-4-12(7-21-15)17(18,19)20/h2-7,13H,8-9H2,1H3. The first-order chi connectivity index (χ1) is 12.6. The minimum atomic E-state index is -4.47. The number of alkyl halides is 3. The highest BCUT2D eigenvalue weighted by molar-refractivity contribution is 5.95. The number of amides is 1. The summed E-state index contributed by atoms with van der Waals surface area (Å²) in [5, 5.41) is 11.0. The molecule has 1 saturated heterocycles. The third-order valence-corrected chi connectivity index (χ3v) is 4.14. The van der Waals surface area contributed by atoms with E-state index >= 15 is 0 Å². The van der Waals surface area contributed by atoms with Crippen LogP contribution in [-0.4, -0.2) is 39.9 Å². The molecule has 142 valence electrons. The quantitative estimate of drug-likeness (QED) is 0.600. The zero-order valence-electron chi connectivity index (χ0n) is 14.1. The second-order valence-electron chi connectivity index (χ2n) is 6.09. The van der Waals surface area contributed by atoms with Crippen LogP contribution < -0.4 is 4.74 Å². The normalized spacial score (nSPS) is 14.6. The molecule has 1 aromatic heterocycles. The van der Waals surface area contributed by atoms with E-state index < -0.39 is 22.8 Å². The predicted octanol–water partition coefficient (Wildman–Crippen LogP) is 3.22. The molecule has 0 unspecified atom stereocenters. The molecule has 0 N–H and O–H groups in total. The van der Waals surface area contributed by atoms with Crippen LogP contribution in [0.1, 0.15) is 21.5 Å². The summed E-state index contributed by atoms with van der Waals surface area (Å²) in [6.07, 6.45) is -4.19. The fourth-order valence-electron chi connectivity index (χ4n) is 2.59. The Bertz CT molecular complexity index is 878. The van der Waals surface area contributed by atoms with Crippen molar-refractivity contribution >= 4 is 11.6 Å². The molecule has 2 heterocycles. The monoisotopic (exact) mass is 381 g/mol. The molecule has 1 aliphatic heterocycles. The predicted molar refractivity (Wildman–Crippen MR) is 87.4 cm³/mol. The van der Waals surface area contributed by atoms with Crippen LogP contribution >= 0.6 is 0 Å². The second-order valence-corrected chi connectivity index (χ2v) is 6.09. The fourth-order valence-corrected chi connectivity index (χ4v) is 2.59. The van der Waals surface area contributed by atoms with Crippen molar-refractivity contribution in [2.45, 2.75) is 19.2 Å². The number of hydrogen-bond acceptors (Lipinski definition) is 5. The van der Waals surface area contributed by atoms with Crippen LogP contribution in [0.3, 0.4) is 0 Å². The average Bonchev–Trinajstić information content (AvgIpc) is 2.57. The molecule has 0 radical (unpaired) electrons. The van der Waals surface area contributed by atoms with E-state index in [0.717, 1.165) is 12.1 Å². The summed E-state index contributed by atoms with van der Waals surface area (Å²) in [6, 6.07) is 6.23. The van der Waals surface area contributed by atoms with Gasteiger partial charge in [0, 0.05) is 29.5 Å². The van der Waals surface area contributed by atoms with Crippen LogP contribution in [0, 0.1) is 17.0 Å². The van der Waals surface area contributed by atoms with E-state index in [1.54, 1.807) is 6.92 Å². The smallest absolute Gasteiger partial charge is 0.417 e. The molecule has 0 atom stereocenters. The number of carbonyl (C=O) groups excluding carboxylic acids is 1. The van der Waals surface area contributed by atoms with E-state index in [9.17, 15) is 28.1 Å². The molecule has 1 fully saturated rings. The summed E-state index contributed by atoms with van der Waals surface area (Å²) in [4.78, 5) is 27.8. The summed E-state index contributed by atoms with van der Waals surface area (Å²) < 4.78 is 42.9. The lowest BCUT2D eigenvalue weighted by Gasteiger charge is -2.38. The van der Waals surface area contributed by atoms with Gasteiger partial charge in [0.05, 0.1) is 23.6 Å². The Hall–Kier alpha value is -3.17. The number of nitro benzene ring substituents is 1. The van der Waals surface area contributed by atoms with Gasteiger partial charge in [0.25, 0.3) is 11.6 Å². The lowest BCUT2D eigenvalue weighted by Crippen LogP contribution is -2.56. The first-order valence-corrected chi connectivity index (χ1v) is 7.89. The molecule has 10 heteroatoms. The molecule has 0 spiro atoms. The van der Waals surface area contributed by atoms with Crippen LogP contribution in [0.2, 0.25) is 0 Å². The van der Waals surface area contributed by atoms with Crippen molar-refractivity contribution in [2.24, 2.45) is 0 Å². The molecule has 1 aromatic carbocycles. The zero-order valence-corrected chi connectivity index (χ0v) is 14.1. The van der Waals surface area contributed by atoms with Gasteiger partial charge in [-0.2, -0.15) is 13.2 Å². The van der Waals surface area contributed by atoms with Crippen LogP contribution in [-0.2, 0) is 6.18 Å². The van der Waals surface area contributed by atoms with E-state index in [-0.39, 0.29) is 36.1 Å². The maximum absolute atomic E-state index is 12.5. The Kier molecular flexibility index (Phi) is 4.73. The molecular formula is C17H14F3N3O4. The number of ether oxygens (including phenoxy) is 1. The highest BCUT2D eigenvalue weighted by Crippen LogP contribution is 2.29. The minimum Gasteiger partial charge on any atom is -0.471 e. The third-order valence-electron chi connectivity index (χ3n) is 4.14. The van der Waals surface area contributed by atoms with Gasteiger partial charge in [0.2, 0.25) is 5.88 Å². The lowest BCUT2D eigenvalue weighted by molar-refractivity contribution is -0.385. The Morgan fingerprint density at radius 1 is 1.30 bits per heavy atom. The summed E-state index contributed by atoms with van der Waals surface area (Å²) in [6.45, 7) is 2.00. The largest absolute Gasteiger partial charge is 0.471 e. The van der Waals surface area contributed by atoms with Crippen molar-refractivity contribution in [2.75, 3.05) is 13.1 Å². The number of likely N-dealkylation sites (tertiary alicyclic amines) is 1. The van der Waals surface area contributed by atoms with Crippen LogP contribution in [0.5, 0.6) is 5.88 Å². The van der Waals surface area contributed by atoms with Crippen molar-refractivity contribution in [3.05, 3.63) is 63.3 Å². The highest BCUT2D eigenvalue weighted by Gasteiger charge is 2.34. The molecule has 2 aromatic rings. The average molecular weight is 381 g/mol. The topological polar surface area (TPSA) is 85.6 Å². The molecule has 3 rings (SSSR count). The van der Waals surface area contributed by atoms with E-state index in [4.69, 9.17) is 4.74 Å². The number of nitrogens with zero attached hydrogens (tertiary/aromatic N) is 3. The van der Waals surface area contributed by atoms with Gasteiger partial charge in [-0.1, -0.05) is 6.07 Å². The fraction of sp³-hybridized carbons (Fsp3) is 0.294. The van der Waals surface area contributed by atoms with Gasteiger partial charge in [0.15, 0.2) is 0 Å². The van der Waals surface area contributed by atoms with E-state index in [1.807, 2.05) is 0 Å². The van der Waals surface area contributed by atoms with E-state index in [0.29, 0.717) is 11.8 Å². The number of aryl methyl sites for hydroxylation is 1. The number of nitro groups is 1. The number of carbonyl (C=O) groups is 1. The zero-order chi connectivity index (χ0) is 19.8. The molecule has 0 aliphatic carbocycles. The Labute approximate surface area is 151 Å². The molecule has 7 nitrogen and oxygen atoms in total. The van der Waals surface area contributed by atoms with Gasteiger partial charge in [-0.15, -0.1) is 0 Å². The molecule has 1 amide bonds. The number of halogens is 3. The summed E-state index contributed by atoms with van der Waals surface area (Å²) in [5.74, 6) is -0.343. The van der Waals surface area contributed by atoms with Gasteiger partial charge in [0.1, 0.15) is 6.10 Å². The van der Waals surface area contributed by atoms with Crippen molar-refractivity contribution in [3.8, 4) is 5.88 Å². The number of benzene rings is 1. The maximum atomic E-state index is 12.5. The Morgan fingerprint density at radius 2 is 2.00 bits per heavy atom. The molecular weight excluding hydrogens is 367 g/mol. The highest BCUT2D eigenvalue weighted by atomic mass is 19.4. The molecule has 1 aliphatic rings. The lowest BCUT2D eigenvalue weighted by atomic mass is 10.1. The minimum absolute atomic E-state index is 0.0334. The summed E-state index contributed by atoms with van der Waals surface area (Å²) >= 11 is 0. The van der Waals surface area contributed by atoms with Gasteiger partial charge in [-0.3, -0.25) is 14.9 Å². The van der Waals surface area contributed by atoms with Crippen molar-refractivity contribution in [1.82, 2.24) is 9.88 Å². The third kappa shape index (κ3) is 3.99. The first kappa shape index (κ1) is 18.6. The Morgan fingerprint density at radius 3 is 2.56 bits per heavy atom. The van der Waals surface area contributed by atoms with Gasteiger partial charge >= 0.3 is 6.18 Å². The first-order valence-electron chi connectivity index (χ1n) is 7.89. The van der Waals surface area contributed by atoms with Crippen LogP contribution in [0.4, 0.5) is 18.9 Å². The SMILES string of the molecule is Cc1ccc(C(=O)N2CC(Oc3ccc(C(F)(F)F)cn3)C2)cc1[N+](=O)[O-]. The maximum Gasteiger partial charge on any atom is 0.417 e. The molecule has 0 saturated carbocycles. The van der Waals surface area contributed by atoms with Crippen molar-refractivity contribution < 1.29 is 27.6 Å². The van der Waals surface area contributed by atoms with E-state index in [2.05, 4.69) is 4.98 Å². The molecule has 0 bridgehead atoms. The summed E-state index contributed by atoms with van der Waals surface area (Å²) in [5.41, 5.74) is -0.363. The number of pyridine rings is 1.